The van der Waals surface area contributed by atoms with Crippen molar-refractivity contribution in [1.82, 2.24) is 0 Å². The van der Waals surface area contributed by atoms with E-state index >= 15 is 0 Å². The lowest BCUT2D eigenvalue weighted by molar-refractivity contribution is -0.386. The SMILES string of the molecule is Cc1cccc([N+](=O)[O-])c1OCc1c(F)ccc(Br)c1F. The van der Waals surface area contributed by atoms with Crippen LogP contribution in [0, 0.1) is 28.7 Å². The predicted molar refractivity (Wildman–Crippen MR) is 76.2 cm³/mol. The zero-order valence-corrected chi connectivity index (χ0v) is 12.5. The third-order valence-electron chi connectivity index (χ3n) is 2.89. The number of nitrogens with zero attached hydrogens (tertiary/aromatic N) is 1. The van der Waals surface area contributed by atoms with Crippen molar-refractivity contribution in [2.45, 2.75) is 13.5 Å². The second-order valence-corrected chi connectivity index (χ2v) is 5.15. The summed E-state index contributed by atoms with van der Waals surface area (Å²) in [7, 11) is 0. The van der Waals surface area contributed by atoms with Gasteiger partial charge in [0, 0.05) is 6.07 Å². The van der Waals surface area contributed by atoms with Crippen LogP contribution in [0.25, 0.3) is 0 Å². The number of nitro groups is 1. The van der Waals surface area contributed by atoms with Crippen molar-refractivity contribution < 1.29 is 18.4 Å². The minimum absolute atomic E-state index is 0.00118. The molecule has 0 heterocycles. The molecule has 0 atom stereocenters. The summed E-state index contributed by atoms with van der Waals surface area (Å²) in [5.41, 5.74) is -0.0206. The highest BCUT2D eigenvalue weighted by Crippen LogP contribution is 2.32. The number of hydrogen-bond acceptors (Lipinski definition) is 3. The average molecular weight is 358 g/mol. The third kappa shape index (κ3) is 3.18. The maximum atomic E-state index is 13.8. The van der Waals surface area contributed by atoms with Crippen LogP contribution in [0.15, 0.2) is 34.8 Å². The molecule has 0 radical (unpaired) electrons. The van der Waals surface area contributed by atoms with E-state index < -0.39 is 23.2 Å². The Bertz CT molecular complexity index is 707. The molecular formula is C14H10BrF2NO3. The summed E-state index contributed by atoms with van der Waals surface area (Å²) in [5, 5.41) is 10.9. The zero-order valence-electron chi connectivity index (χ0n) is 10.9. The number of halogens is 3. The van der Waals surface area contributed by atoms with E-state index in [2.05, 4.69) is 15.9 Å². The van der Waals surface area contributed by atoms with E-state index in [9.17, 15) is 18.9 Å². The van der Waals surface area contributed by atoms with Crippen LogP contribution < -0.4 is 4.74 Å². The van der Waals surface area contributed by atoms with Gasteiger partial charge in [0.15, 0.2) is 5.75 Å². The second kappa shape index (κ2) is 6.17. The molecule has 0 aromatic heterocycles. The zero-order chi connectivity index (χ0) is 15.6. The number of benzene rings is 2. The van der Waals surface area contributed by atoms with Crippen molar-refractivity contribution in [1.29, 1.82) is 0 Å². The maximum absolute atomic E-state index is 13.8. The van der Waals surface area contributed by atoms with E-state index in [0.717, 1.165) is 6.07 Å². The summed E-state index contributed by atoms with van der Waals surface area (Å²) in [6, 6.07) is 6.75. The lowest BCUT2D eigenvalue weighted by Crippen LogP contribution is -2.05. The number of aryl methyl sites for hydroxylation is 1. The number of nitro benzene ring substituents is 1. The van der Waals surface area contributed by atoms with Crippen LogP contribution in [-0.2, 0) is 6.61 Å². The van der Waals surface area contributed by atoms with Gasteiger partial charge in [-0.05, 0) is 40.5 Å². The first-order valence-corrected chi connectivity index (χ1v) is 6.70. The first kappa shape index (κ1) is 15.4. The summed E-state index contributed by atoms with van der Waals surface area (Å²) in [4.78, 5) is 10.3. The molecule has 0 aliphatic carbocycles. The summed E-state index contributed by atoms with van der Waals surface area (Å²) >= 11 is 2.95. The van der Waals surface area contributed by atoms with Gasteiger partial charge in [-0.3, -0.25) is 10.1 Å². The number of para-hydroxylation sites is 1. The minimum atomic E-state index is -0.786. The lowest BCUT2D eigenvalue weighted by atomic mass is 10.2. The highest BCUT2D eigenvalue weighted by Gasteiger charge is 2.19. The fourth-order valence-corrected chi connectivity index (χ4v) is 2.19. The molecular weight excluding hydrogens is 348 g/mol. The molecule has 0 aliphatic rings. The highest BCUT2D eigenvalue weighted by molar-refractivity contribution is 9.10. The lowest BCUT2D eigenvalue weighted by Gasteiger charge is -2.11. The number of hydrogen-bond donors (Lipinski definition) is 0. The van der Waals surface area contributed by atoms with Gasteiger partial charge in [-0.1, -0.05) is 12.1 Å². The van der Waals surface area contributed by atoms with Gasteiger partial charge in [0.1, 0.15) is 18.2 Å². The molecule has 0 saturated carbocycles. The molecule has 0 unspecified atom stereocenters. The van der Waals surface area contributed by atoms with Gasteiger partial charge in [-0.25, -0.2) is 8.78 Å². The second-order valence-electron chi connectivity index (χ2n) is 4.29. The average Bonchev–Trinajstić information content (AvgIpc) is 2.44. The molecule has 0 amide bonds. The van der Waals surface area contributed by atoms with E-state index in [1.165, 1.54) is 18.2 Å². The van der Waals surface area contributed by atoms with Crippen molar-refractivity contribution in [2.24, 2.45) is 0 Å². The molecule has 7 heteroatoms. The Labute approximate surface area is 127 Å². The van der Waals surface area contributed by atoms with Gasteiger partial charge < -0.3 is 4.74 Å². The fraction of sp³-hybridized carbons (Fsp3) is 0.143. The van der Waals surface area contributed by atoms with Crippen LogP contribution >= 0.6 is 15.9 Å². The Morgan fingerprint density at radius 3 is 2.67 bits per heavy atom. The van der Waals surface area contributed by atoms with Crippen molar-refractivity contribution in [3.05, 3.63) is 67.7 Å². The van der Waals surface area contributed by atoms with E-state index in [1.807, 2.05) is 0 Å². The maximum Gasteiger partial charge on any atom is 0.311 e. The largest absolute Gasteiger partial charge is 0.482 e. The standard InChI is InChI=1S/C14H10BrF2NO3/c1-8-3-2-4-12(18(19)20)14(8)21-7-9-11(16)6-5-10(15)13(9)17/h2-6H,7H2,1H3. The molecule has 0 fully saturated rings. The molecule has 0 saturated heterocycles. The molecule has 4 nitrogen and oxygen atoms in total. The molecule has 0 spiro atoms. The van der Waals surface area contributed by atoms with Crippen molar-refractivity contribution >= 4 is 21.6 Å². The van der Waals surface area contributed by atoms with Gasteiger partial charge >= 0.3 is 5.69 Å². The first-order chi connectivity index (χ1) is 9.91. The molecule has 0 aliphatic heterocycles. The predicted octanol–water partition coefficient (Wildman–Crippen LogP) is 4.52. The molecule has 2 aromatic rings. The van der Waals surface area contributed by atoms with Crippen LogP contribution in [0.3, 0.4) is 0 Å². The molecule has 0 N–H and O–H groups in total. The Morgan fingerprint density at radius 2 is 2.00 bits per heavy atom. The smallest absolute Gasteiger partial charge is 0.311 e. The summed E-state index contributed by atoms with van der Waals surface area (Å²) < 4.78 is 32.8. The first-order valence-electron chi connectivity index (χ1n) is 5.91. The van der Waals surface area contributed by atoms with Crippen molar-refractivity contribution in [3.63, 3.8) is 0 Å². The fourth-order valence-electron chi connectivity index (χ4n) is 1.81. The molecule has 21 heavy (non-hydrogen) atoms. The van der Waals surface area contributed by atoms with Crippen molar-refractivity contribution in [2.75, 3.05) is 0 Å². The number of ether oxygens (including phenoxy) is 1. The summed E-state index contributed by atoms with van der Waals surface area (Å²) in [6.07, 6.45) is 0. The molecule has 0 bridgehead atoms. The van der Waals surface area contributed by atoms with Crippen LogP contribution in [0.5, 0.6) is 5.75 Å². The van der Waals surface area contributed by atoms with Gasteiger partial charge in [-0.2, -0.15) is 0 Å². The van der Waals surface area contributed by atoms with Crippen molar-refractivity contribution in [3.8, 4) is 5.75 Å². The summed E-state index contributed by atoms with van der Waals surface area (Å²) in [6.45, 7) is 1.18. The van der Waals surface area contributed by atoms with Crippen LogP contribution in [0.4, 0.5) is 14.5 Å². The topological polar surface area (TPSA) is 52.4 Å². The van der Waals surface area contributed by atoms with Gasteiger partial charge in [-0.15, -0.1) is 0 Å². The Kier molecular flexibility index (Phi) is 4.52. The normalized spacial score (nSPS) is 10.5. The van der Waals surface area contributed by atoms with E-state index in [-0.39, 0.29) is 21.5 Å². The van der Waals surface area contributed by atoms with E-state index in [1.54, 1.807) is 13.0 Å². The van der Waals surface area contributed by atoms with Gasteiger partial charge in [0.2, 0.25) is 0 Å². The Balaban J connectivity index is 2.34. The minimum Gasteiger partial charge on any atom is -0.482 e. The van der Waals surface area contributed by atoms with Crippen LogP contribution in [-0.4, -0.2) is 4.92 Å². The van der Waals surface area contributed by atoms with E-state index in [0.29, 0.717) is 5.56 Å². The van der Waals surface area contributed by atoms with Gasteiger partial charge in [0.05, 0.1) is 15.0 Å². The Hall–Kier alpha value is -2.02. The number of rotatable bonds is 4. The molecule has 2 rings (SSSR count). The highest BCUT2D eigenvalue weighted by atomic mass is 79.9. The van der Waals surface area contributed by atoms with Crippen LogP contribution in [0.1, 0.15) is 11.1 Å². The molecule has 2 aromatic carbocycles. The van der Waals surface area contributed by atoms with E-state index in [4.69, 9.17) is 4.74 Å². The summed E-state index contributed by atoms with van der Waals surface area (Å²) in [5.74, 6) is -1.56. The third-order valence-corrected chi connectivity index (χ3v) is 3.50. The van der Waals surface area contributed by atoms with Gasteiger partial charge in [0.25, 0.3) is 0 Å². The van der Waals surface area contributed by atoms with Crippen LogP contribution in [0.2, 0.25) is 0 Å². The quantitative estimate of drug-likeness (QED) is 0.459. The monoisotopic (exact) mass is 357 g/mol. The molecule has 110 valence electrons. The Morgan fingerprint density at radius 1 is 1.29 bits per heavy atom.